The lowest BCUT2D eigenvalue weighted by Gasteiger charge is -2.15. The van der Waals surface area contributed by atoms with Crippen LogP contribution in [0.1, 0.15) is 5.56 Å². The highest BCUT2D eigenvalue weighted by Gasteiger charge is 2.26. The van der Waals surface area contributed by atoms with Crippen LogP contribution in [0.25, 0.3) is 0 Å². The first-order chi connectivity index (χ1) is 7.29. The minimum Gasteiger partial charge on any atom is -0.486 e. The van der Waals surface area contributed by atoms with Gasteiger partial charge in [0.25, 0.3) is 0 Å². The number of β-amino-alcohol motifs (C(OH)–C–C–N with tert-alkyl or cyclic N) is 1. The predicted octanol–water partition coefficient (Wildman–Crippen LogP) is 0.270. The first kappa shape index (κ1) is 9.97. The minimum atomic E-state index is -0.458. The van der Waals surface area contributed by atoms with E-state index in [0.29, 0.717) is 24.4 Å². The number of nitrogens with zero attached hydrogens (tertiary/aromatic N) is 1. The molecule has 2 unspecified atom stereocenters. The van der Waals surface area contributed by atoms with E-state index in [9.17, 15) is 5.11 Å². The Bertz CT molecular complexity index is 369. The zero-order valence-electron chi connectivity index (χ0n) is 8.18. The molecule has 0 aliphatic carbocycles. The number of hydrogen-bond acceptors (Lipinski definition) is 4. The van der Waals surface area contributed by atoms with Gasteiger partial charge in [-0.2, -0.15) is 5.26 Å². The van der Waals surface area contributed by atoms with Crippen molar-refractivity contribution in [1.29, 1.82) is 5.26 Å². The Balaban J connectivity index is 2.02. The van der Waals surface area contributed by atoms with Gasteiger partial charge in [0.05, 0.1) is 11.6 Å². The molecule has 78 valence electrons. The summed E-state index contributed by atoms with van der Waals surface area (Å²) < 4.78 is 5.57. The van der Waals surface area contributed by atoms with Crippen LogP contribution in [0.5, 0.6) is 5.75 Å². The largest absolute Gasteiger partial charge is 0.486 e. The number of benzene rings is 1. The molecule has 0 saturated carbocycles. The lowest BCUT2D eigenvalue weighted by atomic mass is 10.2. The van der Waals surface area contributed by atoms with E-state index in [-0.39, 0.29) is 6.10 Å². The second-order valence-corrected chi connectivity index (χ2v) is 3.52. The summed E-state index contributed by atoms with van der Waals surface area (Å²) in [4.78, 5) is 0. The number of nitrogens with one attached hydrogen (secondary N) is 1. The fourth-order valence-electron chi connectivity index (χ4n) is 1.54. The number of aliphatic hydroxyl groups excluding tert-OH is 1. The molecule has 0 amide bonds. The normalized spacial score (nSPS) is 24.8. The summed E-state index contributed by atoms with van der Waals surface area (Å²) in [5.74, 6) is 0.682. The average Bonchev–Trinajstić information content (AvgIpc) is 2.66. The van der Waals surface area contributed by atoms with Gasteiger partial charge in [0, 0.05) is 13.1 Å². The minimum absolute atomic E-state index is 0.196. The van der Waals surface area contributed by atoms with Crippen LogP contribution < -0.4 is 10.1 Å². The van der Waals surface area contributed by atoms with Crippen LogP contribution in [-0.2, 0) is 0 Å². The summed E-state index contributed by atoms with van der Waals surface area (Å²) in [7, 11) is 0. The summed E-state index contributed by atoms with van der Waals surface area (Å²) in [6.45, 7) is 1.22. The van der Waals surface area contributed by atoms with Crippen LogP contribution in [0, 0.1) is 11.3 Å². The van der Waals surface area contributed by atoms with Gasteiger partial charge in [0.2, 0.25) is 0 Å². The van der Waals surface area contributed by atoms with Crippen molar-refractivity contribution < 1.29 is 9.84 Å². The summed E-state index contributed by atoms with van der Waals surface area (Å²) in [5.41, 5.74) is 0.604. The maximum absolute atomic E-state index is 9.51. The third-order valence-electron chi connectivity index (χ3n) is 2.40. The van der Waals surface area contributed by atoms with E-state index in [2.05, 4.69) is 5.32 Å². The summed E-state index contributed by atoms with van der Waals surface area (Å²) in [5, 5.41) is 21.2. The molecule has 0 radical (unpaired) electrons. The van der Waals surface area contributed by atoms with E-state index in [1.807, 2.05) is 6.07 Å². The Labute approximate surface area is 88.1 Å². The molecule has 1 aromatic carbocycles. The first-order valence-corrected chi connectivity index (χ1v) is 4.85. The third kappa shape index (κ3) is 2.27. The number of nitriles is 1. The lowest BCUT2D eigenvalue weighted by Crippen LogP contribution is -2.29. The van der Waals surface area contributed by atoms with E-state index in [0.717, 1.165) is 0 Å². The Morgan fingerprint density at radius 1 is 1.33 bits per heavy atom. The fourth-order valence-corrected chi connectivity index (χ4v) is 1.54. The van der Waals surface area contributed by atoms with Gasteiger partial charge in [-0.1, -0.05) is 0 Å². The monoisotopic (exact) mass is 204 g/mol. The van der Waals surface area contributed by atoms with Crippen LogP contribution in [-0.4, -0.2) is 30.4 Å². The quantitative estimate of drug-likeness (QED) is 0.725. The van der Waals surface area contributed by atoms with Gasteiger partial charge in [0.15, 0.2) is 0 Å². The van der Waals surface area contributed by atoms with Crippen molar-refractivity contribution in [3.63, 3.8) is 0 Å². The van der Waals surface area contributed by atoms with Crippen LogP contribution in [0.4, 0.5) is 0 Å². The highest BCUT2D eigenvalue weighted by atomic mass is 16.5. The third-order valence-corrected chi connectivity index (χ3v) is 2.40. The van der Waals surface area contributed by atoms with Gasteiger partial charge in [-0.05, 0) is 24.3 Å². The number of hydrogen-bond donors (Lipinski definition) is 2. The standard InChI is InChI=1S/C11H12N2O2/c12-5-8-1-3-9(4-2-8)15-11-7-13-6-10(11)14/h1-4,10-11,13-14H,6-7H2. The highest BCUT2D eigenvalue weighted by Crippen LogP contribution is 2.15. The SMILES string of the molecule is N#Cc1ccc(OC2CNCC2O)cc1. The van der Waals surface area contributed by atoms with Crippen LogP contribution >= 0.6 is 0 Å². The van der Waals surface area contributed by atoms with Gasteiger partial charge >= 0.3 is 0 Å². The molecule has 0 aromatic heterocycles. The number of aliphatic hydroxyl groups is 1. The molecule has 2 rings (SSSR count). The predicted molar refractivity (Wildman–Crippen MR) is 54.4 cm³/mol. The molecule has 4 nitrogen and oxygen atoms in total. The summed E-state index contributed by atoms with van der Waals surface area (Å²) in [6.07, 6.45) is -0.654. The summed E-state index contributed by atoms with van der Waals surface area (Å²) in [6, 6.07) is 8.92. The van der Waals surface area contributed by atoms with Crippen molar-refractivity contribution in [3.8, 4) is 11.8 Å². The van der Waals surface area contributed by atoms with Gasteiger partial charge in [-0.3, -0.25) is 0 Å². The molecule has 1 saturated heterocycles. The van der Waals surface area contributed by atoms with Crippen LogP contribution in [0.2, 0.25) is 0 Å². The number of rotatable bonds is 2. The van der Waals surface area contributed by atoms with E-state index in [1.54, 1.807) is 24.3 Å². The Morgan fingerprint density at radius 2 is 2.07 bits per heavy atom. The molecule has 2 atom stereocenters. The van der Waals surface area contributed by atoms with Crippen molar-refractivity contribution in [2.24, 2.45) is 0 Å². The zero-order valence-corrected chi connectivity index (χ0v) is 8.18. The van der Waals surface area contributed by atoms with Crippen LogP contribution in [0.15, 0.2) is 24.3 Å². The molecule has 1 aromatic rings. The van der Waals surface area contributed by atoms with E-state index in [1.165, 1.54) is 0 Å². The zero-order chi connectivity index (χ0) is 10.7. The van der Waals surface area contributed by atoms with E-state index in [4.69, 9.17) is 10.00 Å². The van der Waals surface area contributed by atoms with Crippen molar-refractivity contribution in [1.82, 2.24) is 5.32 Å². The van der Waals surface area contributed by atoms with Crippen molar-refractivity contribution in [3.05, 3.63) is 29.8 Å². The smallest absolute Gasteiger partial charge is 0.138 e. The Hall–Kier alpha value is -1.57. The molecule has 1 aliphatic heterocycles. The molecule has 15 heavy (non-hydrogen) atoms. The topological polar surface area (TPSA) is 65.3 Å². The molecule has 1 aliphatic rings. The van der Waals surface area contributed by atoms with E-state index >= 15 is 0 Å². The fraction of sp³-hybridized carbons (Fsp3) is 0.364. The second kappa shape index (κ2) is 4.30. The highest BCUT2D eigenvalue weighted by molar-refractivity contribution is 5.34. The molecule has 1 heterocycles. The molecule has 4 heteroatoms. The molecular weight excluding hydrogens is 192 g/mol. The van der Waals surface area contributed by atoms with E-state index < -0.39 is 6.10 Å². The van der Waals surface area contributed by atoms with Gasteiger partial charge in [-0.15, -0.1) is 0 Å². The van der Waals surface area contributed by atoms with Crippen molar-refractivity contribution in [2.75, 3.05) is 13.1 Å². The Kier molecular flexibility index (Phi) is 2.86. The number of ether oxygens (including phenoxy) is 1. The molecular formula is C11H12N2O2. The Morgan fingerprint density at radius 3 is 2.60 bits per heavy atom. The maximum Gasteiger partial charge on any atom is 0.138 e. The van der Waals surface area contributed by atoms with Gasteiger partial charge in [-0.25, -0.2) is 0 Å². The molecule has 1 fully saturated rings. The lowest BCUT2D eigenvalue weighted by molar-refractivity contribution is 0.0737. The molecule has 2 N–H and O–H groups in total. The van der Waals surface area contributed by atoms with Crippen molar-refractivity contribution >= 4 is 0 Å². The first-order valence-electron chi connectivity index (χ1n) is 4.85. The summed E-state index contributed by atoms with van der Waals surface area (Å²) >= 11 is 0. The average molecular weight is 204 g/mol. The van der Waals surface area contributed by atoms with Crippen LogP contribution in [0.3, 0.4) is 0 Å². The van der Waals surface area contributed by atoms with Gasteiger partial charge in [0.1, 0.15) is 18.0 Å². The van der Waals surface area contributed by atoms with Crippen molar-refractivity contribution in [2.45, 2.75) is 12.2 Å². The van der Waals surface area contributed by atoms with Gasteiger partial charge < -0.3 is 15.2 Å². The molecule has 0 bridgehead atoms. The second-order valence-electron chi connectivity index (χ2n) is 3.52. The maximum atomic E-state index is 9.51. The molecule has 0 spiro atoms.